The molecule has 10 nitrogen and oxygen atoms in total. The number of carbonyl (C=O) groups excluding carboxylic acids is 3. The van der Waals surface area contributed by atoms with E-state index in [4.69, 9.17) is 41.1 Å². The van der Waals surface area contributed by atoms with Crippen molar-refractivity contribution in [3.63, 3.8) is 0 Å². The second-order valence-electron chi connectivity index (χ2n) is 8.52. The standard InChI is InChI=1S/C26H37N3O7/c1-26(2,3)22(36-24(27)31)23(30)28-12-13-29-25(32)35-19-10-8-17(9-11-19)6-7-18-14-20(33-4)16-21(15-18)34-5/h6-11,14,18,21-22H,12-13,15-16H2,1-5H3,(H2,27,31)(H,28,30)(H,29,32)/i4D3,5D3,6D,7D,15D2,18D,21D. The number of carbonyl (C=O) groups is 3. The van der Waals surface area contributed by atoms with Crippen molar-refractivity contribution in [1.82, 2.24) is 10.6 Å². The molecule has 4 N–H and O–H groups in total. The summed E-state index contributed by atoms with van der Waals surface area (Å²) in [6, 6.07) is 2.97. The molecule has 198 valence electrons. The van der Waals surface area contributed by atoms with Gasteiger partial charge in [0.2, 0.25) is 0 Å². The Hall–Kier alpha value is -3.53. The maximum atomic E-state index is 12.4. The lowest BCUT2D eigenvalue weighted by Crippen LogP contribution is -2.48. The fourth-order valence-corrected chi connectivity index (χ4v) is 2.87. The van der Waals surface area contributed by atoms with Gasteiger partial charge >= 0.3 is 12.2 Å². The highest BCUT2D eigenvalue weighted by Crippen LogP contribution is 2.27. The predicted molar refractivity (Wildman–Crippen MR) is 135 cm³/mol. The van der Waals surface area contributed by atoms with Gasteiger partial charge in [-0.2, -0.15) is 0 Å². The van der Waals surface area contributed by atoms with Crippen LogP contribution in [0.15, 0.2) is 42.2 Å². The second kappa shape index (κ2) is 13.5. The van der Waals surface area contributed by atoms with Crippen LogP contribution < -0.4 is 21.1 Å². The SMILES string of the molecule is [2H]C(=C([2H])C1([2H])C=C(OC([2H])([2H])[2H])CC([2H])(OC([2H])([2H])[2H])C1([2H])[2H])c1ccc(OC(=O)NCCNC(=O)C(OC(N)=O)C(C)(C)C)cc1. The zero-order valence-corrected chi connectivity index (χ0v) is 20.0. The van der Waals surface area contributed by atoms with Crippen LogP contribution in [0.1, 0.15) is 55.6 Å². The molecule has 1 aromatic rings. The van der Waals surface area contributed by atoms with Crippen molar-refractivity contribution >= 4 is 24.1 Å². The predicted octanol–water partition coefficient (Wildman–Crippen LogP) is 3.37. The maximum Gasteiger partial charge on any atom is 0.412 e. The molecule has 0 bridgehead atoms. The van der Waals surface area contributed by atoms with Crippen LogP contribution in [0, 0.1) is 11.3 Å². The molecule has 0 fully saturated rings. The summed E-state index contributed by atoms with van der Waals surface area (Å²) in [4.78, 5) is 35.7. The minimum absolute atomic E-state index is 0.0413. The number of nitrogens with two attached hydrogens (primary N) is 1. The van der Waals surface area contributed by atoms with Crippen LogP contribution in [0.5, 0.6) is 5.75 Å². The van der Waals surface area contributed by atoms with Gasteiger partial charge in [0.1, 0.15) is 5.75 Å². The van der Waals surface area contributed by atoms with Crippen molar-refractivity contribution in [2.45, 2.75) is 45.7 Å². The van der Waals surface area contributed by atoms with Crippen LogP contribution in [0.3, 0.4) is 0 Å². The summed E-state index contributed by atoms with van der Waals surface area (Å²) < 4.78 is 115. The molecule has 0 saturated carbocycles. The monoisotopic (exact) mass is 515 g/mol. The van der Waals surface area contributed by atoms with Crippen molar-refractivity contribution in [2.24, 2.45) is 17.0 Å². The van der Waals surface area contributed by atoms with Gasteiger partial charge in [0, 0.05) is 42.0 Å². The molecular formula is C26H37N3O7. The van der Waals surface area contributed by atoms with Crippen LogP contribution in [0.4, 0.5) is 9.59 Å². The van der Waals surface area contributed by atoms with Crippen molar-refractivity contribution in [1.29, 1.82) is 0 Å². The largest absolute Gasteiger partial charge is 0.501 e. The smallest absolute Gasteiger partial charge is 0.412 e. The Labute approximate surface area is 229 Å². The first-order valence-corrected chi connectivity index (χ1v) is 10.7. The summed E-state index contributed by atoms with van der Waals surface area (Å²) in [5.41, 5.74) is 4.18. The first-order chi connectivity index (χ1) is 21.6. The Morgan fingerprint density at radius 2 is 1.97 bits per heavy atom. The van der Waals surface area contributed by atoms with Gasteiger partial charge in [0.15, 0.2) is 6.10 Å². The van der Waals surface area contributed by atoms with E-state index in [1.54, 1.807) is 20.8 Å². The van der Waals surface area contributed by atoms with Gasteiger partial charge in [0.25, 0.3) is 5.91 Å². The summed E-state index contributed by atoms with van der Waals surface area (Å²) in [6.45, 7) is 4.84. The van der Waals surface area contributed by atoms with Crippen LogP contribution in [-0.4, -0.2) is 57.4 Å². The van der Waals surface area contributed by atoms with E-state index in [1.165, 1.54) is 24.3 Å². The van der Waals surface area contributed by atoms with Gasteiger partial charge in [-0.25, -0.2) is 9.59 Å². The number of nitrogens with one attached hydrogen (secondary N) is 2. The average Bonchev–Trinajstić information content (AvgIpc) is 2.90. The fourth-order valence-electron chi connectivity index (χ4n) is 2.87. The normalized spacial score (nSPS) is 30.2. The Morgan fingerprint density at radius 1 is 1.25 bits per heavy atom. The summed E-state index contributed by atoms with van der Waals surface area (Å²) in [5.74, 6) is -4.43. The van der Waals surface area contributed by atoms with Crippen molar-refractivity contribution in [3.8, 4) is 5.75 Å². The molecule has 3 unspecified atom stereocenters. The number of methoxy groups -OCH3 is 2. The summed E-state index contributed by atoms with van der Waals surface area (Å²) in [7, 11) is -6.50. The van der Waals surface area contributed by atoms with Gasteiger partial charge in [-0.1, -0.05) is 45.0 Å². The molecular weight excluding hydrogens is 466 g/mol. The third-order valence-electron chi connectivity index (χ3n) is 4.53. The maximum absolute atomic E-state index is 12.4. The summed E-state index contributed by atoms with van der Waals surface area (Å²) >= 11 is 0. The zero-order chi connectivity index (χ0) is 37.1. The van der Waals surface area contributed by atoms with Gasteiger partial charge in [-0.15, -0.1) is 0 Å². The van der Waals surface area contributed by atoms with Gasteiger partial charge in [-0.3, -0.25) is 4.79 Å². The number of allylic oxidation sites excluding steroid dienone is 2. The fraction of sp³-hybridized carbons (Fsp3) is 0.500. The van der Waals surface area contributed by atoms with E-state index < -0.39 is 86.3 Å². The number of primary amides is 1. The van der Waals surface area contributed by atoms with E-state index in [2.05, 4.69) is 10.6 Å². The molecule has 1 aromatic carbocycles. The number of ether oxygens (including phenoxy) is 4. The van der Waals surface area contributed by atoms with Crippen LogP contribution in [0.2, 0.25) is 0 Å². The zero-order valence-electron chi connectivity index (χ0n) is 32.0. The molecule has 1 aliphatic carbocycles. The highest BCUT2D eigenvalue weighted by Gasteiger charge is 2.34. The number of rotatable bonds is 10. The Bertz CT molecular complexity index is 1430. The molecule has 2 rings (SSSR count). The molecule has 0 spiro atoms. The number of amides is 3. The third-order valence-corrected chi connectivity index (χ3v) is 4.53. The van der Waals surface area contributed by atoms with Crippen molar-refractivity contribution in [2.75, 3.05) is 27.2 Å². The Balaban J connectivity index is 2.22. The number of hydrogen-bond acceptors (Lipinski definition) is 7. The molecule has 3 atom stereocenters. The van der Waals surface area contributed by atoms with Crippen LogP contribution >= 0.6 is 0 Å². The van der Waals surface area contributed by atoms with Crippen LogP contribution in [0.25, 0.3) is 6.05 Å². The third kappa shape index (κ3) is 9.61. The second-order valence-corrected chi connectivity index (χ2v) is 8.52. The first-order valence-electron chi connectivity index (χ1n) is 16.7. The van der Waals surface area contributed by atoms with Crippen molar-refractivity contribution < 1.29 is 49.8 Å². The van der Waals surface area contributed by atoms with E-state index in [1.807, 2.05) is 0 Å². The van der Waals surface area contributed by atoms with E-state index in [-0.39, 0.29) is 24.4 Å². The molecule has 0 radical (unpaired) electrons. The van der Waals surface area contributed by atoms with Gasteiger partial charge in [-0.05, 0) is 30.1 Å². The summed E-state index contributed by atoms with van der Waals surface area (Å²) in [5, 5.41) is 4.88. The molecule has 0 aliphatic heterocycles. The molecule has 3 amide bonds. The lowest BCUT2D eigenvalue weighted by molar-refractivity contribution is -0.134. The molecule has 36 heavy (non-hydrogen) atoms. The molecule has 1 aliphatic rings. The lowest BCUT2D eigenvalue weighted by Gasteiger charge is -2.28. The number of benzene rings is 1. The quantitative estimate of drug-likeness (QED) is 0.406. The average molecular weight is 516 g/mol. The molecule has 0 saturated heterocycles. The Morgan fingerprint density at radius 3 is 2.61 bits per heavy atom. The van der Waals surface area contributed by atoms with Crippen molar-refractivity contribution in [3.05, 3.63) is 47.7 Å². The van der Waals surface area contributed by atoms with Gasteiger partial charge < -0.3 is 35.3 Å². The number of hydrogen-bond donors (Lipinski definition) is 3. The first kappa shape index (κ1) is 15.6. The topological polar surface area (TPSA) is 138 Å². The van der Waals surface area contributed by atoms with E-state index in [0.29, 0.717) is 6.08 Å². The van der Waals surface area contributed by atoms with Gasteiger partial charge in [0.05, 0.1) is 31.2 Å². The molecule has 10 heteroatoms. The minimum Gasteiger partial charge on any atom is -0.501 e. The van der Waals surface area contributed by atoms with Crippen LogP contribution in [-0.2, 0) is 19.0 Å². The lowest BCUT2D eigenvalue weighted by atomic mass is 9.88. The minimum atomic E-state index is -3.36. The van der Waals surface area contributed by atoms with E-state index in [9.17, 15) is 14.4 Å². The van der Waals surface area contributed by atoms with E-state index in [0.717, 1.165) is 0 Å². The molecule has 0 aromatic heterocycles. The highest BCUT2D eigenvalue weighted by molar-refractivity contribution is 5.84. The molecule has 0 heterocycles. The summed E-state index contributed by atoms with van der Waals surface area (Å²) in [6.07, 6.45) is -10.1. The van der Waals surface area contributed by atoms with E-state index >= 15 is 0 Å². The highest BCUT2D eigenvalue weighted by atomic mass is 16.6. The Kier molecular flexibility index (Phi) is 5.85.